The summed E-state index contributed by atoms with van der Waals surface area (Å²) in [5.74, 6) is 0.384. The van der Waals surface area contributed by atoms with E-state index in [1.807, 2.05) is 13.8 Å². The summed E-state index contributed by atoms with van der Waals surface area (Å²) >= 11 is 0. The Labute approximate surface area is 74.0 Å². The van der Waals surface area contributed by atoms with Crippen LogP contribution in [-0.2, 0) is 9.47 Å². The molecule has 0 radical (unpaired) electrons. The van der Waals surface area contributed by atoms with Crippen molar-refractivity contribution >= 4 is 6.16 Å². The summed E-state index contributed by atoms with van der Waals surface area (Å²) in [6, 6.07) is 0. The highest BCUT2D eigenvalue weighted by Crippen LogP contribution is 2.11. The number of carbonyl (C=O) groups is 1. The highest BCUT2D eigenvalue weighted by atomic mass is 16.7. The zero-order valence-electron chi connectivity index (χ0n) is 8.29. The Kier molecular flexibility index (Phi) is 5.51. The summed E-state index contributed by atoms with van der Waals surface area (Å²) in [5.41, 5.74) is 0. The van der Waals surface area contributed by atoms with E-state index in [1.54, 1.807) is 6.92 Å². The van der Waals surface area contributed by atoms with Crippen LogP contribution in [-0.4, -0.2) is 18.9 Å². The molecule has 0 aliphatic carbocycles. The average molecular weight is 174 g/mol. The number of hydrogen-bond acceptors (Lipinski definition) is 3. The molecule has 0 saturated carbocycles. The first-order valence-electron chi connectivity index (χ1n) is 4.45. The monoisotopic (exact) mass is 174 g/mol. The standard InChI is InChI=1S/C9H18O3/c1-5-7(3)8(4)12-9(10)11-6-2/h7-8H,5-6H2,1-4H3. The normalized spacial score (nSPS) is 15.0. The predicted molar refractivity (Wildman–Crippen MR) is 47.0 cm³/mol. The average Bonchev–Trinajstić information content (AvgIpc) is 2.03. The molecule has 0 rings (SSSR count). The zero-order chi connectivity index (χ0) is 9.56. The molecule has 2 atom stereocenters. The first-order chi connectivity index (χ1) is 5.61. The highest BCUT2D eigenvalue weighted by molar-refractivity contribution is 5.60. The Bertz CT molecular complexity index is 134. The highest BCUT2D eigenvalue weighted by Gasteiger charge is 2.15. The molecule has 0 bridgehead atoms. The SMILES string of the molecule is CCOC(=O)OC(C)C(C)CC. The summed E-state index contributed by atoms with van der Waals surface area (Å²) in [6.45, 7) is 8.12. The third-order valence-corrected chi connectivity index (χ3v) is 1.99. The lowest BCUT2D eigenvalue weighted by Crippen LogP contribution is -2.22. The first kappa shape index (κ1) is 11.3. The molecule has 2 unspecified atom stereocenters. The Morgan fingerprint density at radius 2 is 1.92 bits per heavy atom. The van der Waals surface area contributed by atoms with E-state index in [0.717, 1.165) is 6.42 Å². The van der Waals surface area contributed by atoms with Crippen LogP contribution in [0.4, 0.5) is 4.79 Å². The van der Waals surface area contributed by atoms with Crippen LogP contribution in [0.3, 0.4) is 0 Å². The molecule has 0 heterocycles. The van der Waals surface area contributed by atoms with Crippen molar-refractivity contribution < 1.29 is 14.3 Å². The molecular weight excluding hydrogens is 156 g/mol. The fourth-order valence-electron chi connectivity index (χ4n) is 0.752. The lowest BCUT2D eigenvalue weighted by molar-refractivity contribution is 0.0141. The van der Waals surface area contributed by atoms with Gasteiger partial charge in [-0.05, 0) is 19.8 Å². The van der Waals surface area contributed by atoms with E-state index in [4.69, 9.17) is 4.74 Å². The largest absolute Gasteiger partial charge is 0.508 e. The molecule has 0 aromatic heterocycles. The van der Waals surface area contributed by atoms with Gasteiger partial charge in [0.25, 0.3) is 0 Å². The molecular formula is C9H18O3. The molecule has 0 saturated heterocycles. The van der Waals surface area contributed by atoms with Gasteiger partial charge in [0.05, 0.1) is 6.61 Å². The van der Waals surface area contributed by atoms with Gasteiger partial charge in [-0.2, -0.15) is 0 Å². The van der Waals surface area contributed by atoms with Gasteiger partial charge < -0.3 is 9.47 Å². The van der Waals surface area contributed by atoms with Crippen LogP contribution in [0.25, 0.3) is 0 Å². The summed E-state index contributed by atoms with van der Waals surface area (Å²) in [6.07, 6.45) is 0.375. The molecule has 0 aromatic rings. The van der Waals surface area contributed by atoms with Crippen molar-refractivity contribution in [2.75, 3.05) is 6.61 Å². The lowest BCUT2D eigenvalue weighted by Gasteiger charge is -2.17. The Morgan fingerprint density at radius 1 is 1.33 bits per heavy atom. The molecule has 3 heteroatoms. The van der Waals surface area contributed by atoms with Gasteiger partial charge in [-0.3, -0.25) is 0 Å². The van der Waals surface area contributed by atoms with Crippen LogP contribution in [0, 0.1) is 5.92 Å². The van der Waals surface area contributed by atoms with Crippen LogP contribution >= 0.6 is 0 Å². The van der Waals surface area contributed by atoms with Gasteiger partial charge in [0.2, 0.25) is 0 Å². The van der Waals surface area contributed by atoms with Crippen LogP contribution in [0.5, 0.6) is 0 Å². The molecule has 0 aliphatic heterocycles. The van der Waals surface area contributed by atoms with E-state index in [-0.39, 0.29) is 6.10 Å². The molecule has 0 aliphatic rings. The fourth-order valence-corrected chi connectivity index (χ4v) is 0.752. The van der Waals surface area contributed by atoms with Crippen LogP contribution < -0.4 is 0 Å². The third kappa shape index (κ3) is 4.21. The minimum Gasteiger partial charge on any atom is -0.435 e. The second-order valence-electron chi connectivity index (χ2n) is 2.89. The summed E-state index contributed by atoms with van der Waals surface area (Å²) in [5, 5.41) is 0. The number of hydrogen-bond donors (Lipinski definition) is 0. The van der Waals surface area contributed by atoms with Crippen molar-refractivity contribution in [2.24, 2.45) is 5.92 Å². The van der Waals surface area contributed by atoms with Gasteiger partial charge in [-0.15, -0.1) is 0 Å². The van der Waals surface area contributed by atoms with Crippen molar-refractivity contribution in [2.45, 2.75) is 40.2 Å². The molecule has 0 aromatic carbocycles. The number of carbonyl (C=O) groups excluding carboxylic acids is 1. The van der Waals surface area contributed by atoms with Gasteiger partial charge >= 0.3 is 6.16 Å². The van der Waals surface area contributed by atoms with Crippen molar-refractivity contribution in [1.82, 2.24) is 0 Å². The Balaban J connectivity index is 3.67. The molecule has 12 heavy (non-hydrogen) atoms. The van der Waals surface area contributed by atoms with Gasteiger partial charge in [-0.1, -0.05) is 20.3 Å². The van der Waals surface area contributed by atoms with Crippen molar-refractivity contribution in [3.63, 3.8) is 0 Å². The quantitative estimate of drug-likeness (QED) is 0.614. The van der Waals surface area contributed by atoms with E-state index in [2.05, 4.69) is 11.7 Å². The third-order valence-electron chi connectivity index (χ3n) is 1.99. The van der Waals surface area contributed by atoms with Crippen molar-refractivity contribution in [3.05, 3.63) is 0 Å². The predicted octanol–water partition coefficient (Wildman–Crippen LogP) is 2.59. The minimum absolute atomic E-state index is 0.0611. The van der Waals surface area contributed by atoms with E-state index >= 15 is 0 Å². The molecule has 3 nitrogen and oxygen atoms in total. The molecule has 0 spiro atoms. The van der Waals surface area contributed by atoms with Crippen molar-refractivity contribution in [1.29, 1.82) is 0 Å². The molecule has 0 amide bonds. The summed E-state index contributed by atoms with van der Waals surface area (Å²) in [7, 11) is 0. The van der Waals surface area contributed by atoms with Gasteiger partial charge in [0.15, 0.2) is 0 Å². The maximum atomic E-state index is 10.8. The maximum absolute atomic E-state index is 10.8. The van der Waals surface area contributed by atoms with Crippen molar-refractivity contribution in [3.8, 4) is 0 Å². The Hall–Kier alpha value is -0.730. The number of rotatable bonds is 4. The molecule has 72 valence electrons. The minimum atomic E-state index is -0.565. The topological polar surface area (TPSA) is 35.5 Å². The van der Waals surface area contributed by atoms with E-state index < -0.39 is 6.16 Å². The van der Waals surface area contributed by atoms with Crippen LogP contribution in [0.1, 0.15) is 34.1 Å². The van der Waals surface area contributed by atoms with Crippen LogP contribution in [0.15, 0.2) is 0 Å². The van der Waals surface area contributed by atoms with Crippen LogP contribution in [0.2, 0.25) is 0 Å². The summed E-state index contributed by atoms with van der Waals surface area (Å²) in [4.78, 5) is 10.8. The van der Waals surface area contributed by atoms with E-state index in [1.165, 1.54) is 0 Å². The zero-order valence-corrected chi connectivity index (χ0v) is 8.29. The Morgan fingerprint density at radius 3 is 2.33 bits per heavy atom. The smallest absolute Gasteiger partial charge is 0.435 e. The number of ether oxygens (including phenoxy) is 2. The van der Waals surface area contributed by atoms with Gasteiger partial charge in [0.1, 0.15) is 6.10 Å². The first-order valence-corrected chi connectivity index (χ1v) is 4.45. The van der Waals surface area contributed by atoms with Gasteiger partial charge in [-0.25, -0.2) is 4.79 Å². The molecule has 0 fully saturated rings. The molecule has 0 N–H and O–H groups in total. The summed E-state index contributed by atoms with van der Waals surface area (Å²) < 4.78 is 9.63. The second-order valence-corrected chi connectivity index (χ2v) is 2.89. The van der Waals surface area contributed by atoms with E-state index in [9.17, 15) is 4.79 Å². The lowest BCUT2D eigenvalue weighted by atomic mass is 10.0. The maximum Gasteiger partial charge on any atom is 0.508 e. The second kappa shape index (κ2) is 5.86. The van der Waals surface area contributed by atoms with E-state index in [0.29, 0.717) is 12.5 Å². The van der Waals surface area contributed by atoms with Gasteiger partial charge in [0, 0.05) is 0 Å². The fraction of sp³-hybridized carbons (Fsp3) is 0.889.